The van der Waals surface area contributed by atoms with Crippen LogP contribution in [0.25, 0.3) is 10.9 Å². The SMILES string of the molecule is CC1(C)Cc2c(F)cccc2C(c2cc3ccc(F)cc3nn2)=N1. The molecule has 1 aliphatic rings. The van der Waals surface area contributed by atoms with Gasteiger partial charge >= 0.3 is 0 Å². The Bertz CT molecular complexity index is 993. The first kappa shape index (κ1) is 14.9. The topological polar surface area (TPSA) is 38.1 Å². The molecule has 120 valence electrons. The standard InChI is InChI=1S/C19H15F2N3/c1-19(2)10-14-13(4-3-5-15(14)21)18(22-19)17-8-11-6-7-12(20)9-16(11)23-24-17/h3-9H,10H2,1-2H3. The van der Waals surface area contributed by atoms with Crippen molar-refractivity contribution in [2.24, 2.45) is 4.99 Å². The molecular formula is C19H15F2N3. The van der Waals surface area contributed by atoms with Crippen LogP contribution in [-0.2, 0) is 6.42 Å². The van der Waals surface area contributed by atoms with E-state index in [1.165, 1.54) is 18.2 Å². The van der Waals surface area contributed by atoms with Crippen LogP contribution in [0.4, 0.5) is 8.78 Å². The minimum atomic E-state index is -0.427. The summed E-state index contributed by atoms with van der Waals surface area (Å²) in [5, 5.41) is 9.06. The molecule has 5 heteroatoms. The molecule has 0 radical (unpaired) electrons. The predicted molar refractivity (Wildman–Crippen MR) is 89.3 cm³/mol. The van der Waals surface area contributed by atoms with E-state index in [1.54, 1.807) is 12.1 Å². The van der Waals surface area contributed by atoms with Crippen molar-refractivity contribution in [1.29, 1.82) is 0 Å². The van der Waals surface area contributed by atoms with Gasteiger partial charge in [0, 0.05) is 23.4 Å². The van der Waals surface area contributed by atoms with E-state index >= 15 is 0 Å². The summed E-state index contributed by atoms with van der Waals surface area (Å²) in [4.78, 5) is 4.76. The second-order valence-electron chi connectivity index (χ2n) is 6.65. The summed E-state index contributed by atoms with van der Waals surface area (Å²) in [6.07, 6.45) is 0.532. The van der Waals surface area contributed by atoms with Crippen LogP contribution in [0.5, 0.6) is 0 Å². The summed E-state index contributed by atoms with van der Waals surface area (Å²) in [6.45, 7) is 3.93. The normalized spacial score (nSPS) is 15.9. The molecule has 0 spiro atoms. The lowest BCUT2D eigenvalue weighted by Crippen LogP contribution is -2.30. The Hall–Kier alpha value is -2.69. The van der Waals surface area contributed by atoms with Gasteiger partial charge in [-0.15, -0.1) is 10.2 Å². The van der Waals surface area contributed by atoms with E-state index in [-0.39, 0.29) is 11.6 Å². The van der Waals surface area contributed by atoms with Crippen LogP contribution in [-0.4, -0.2) is 21.4 Å². The number of aromatic nitrogens is 2. The first-order valence-corrected chi connectivity index (χ1v) is 7.74. The minimum Gasteiger partial charge on any atom is -0.276 e. The fourth-order valence-corrected chi connectivity index (χ4v) is 3.12. The van der Waals surface area contributed by atoms with Crippen molar-refractivity contribution in [1.82, 2.24) is 10.2 Å². The van der Waals surface area contributed by atoms with Crippen molar-refractivity contribution in [3.05, 3.63) is 70.9 Å². The zero-order chi connectivity index (χ0) is 16.9. The fraction of sp³-hybridized carbons (Fsp3) is 0.211. The Kier molecular flexibility index (Phi) is 3.20. The van der Waals surface area contributed by atoms with Gasteiger partial charge in [-0.3, -0.25) is 4.99 Å². The van der Waals surface area contributed by atoms with Gasteiger partial charge in [0.05, 0.1) is 16.8 Å². The molecule has 0 bridgehead atoms. The molecule has 4 rings (SSSR count). The van der Waals surface area contributed by atoms with E-state index in [2.05, 4.69) is 10.2 Å². The molecule has 3 nitrogen and oxygen atoms in total. The number of halogens is 2. The second-order valence-corrected chi connectivity index (χ2v) is 6.65. The summed E-state index contributed by atoms with van der Waals surface area (Å²) in [7, 11) is 0. The first-order valence-electron chi connectivity index (χ1n) is 7.74. The van der Waals surface area contributed by atoms with Crippen LogP contribution in [0, 0.1) is 11.6 Å². The van der Waals surface area contributed by atoms with E-state index in [1.807, 2.05) is 26.0 Å². The van der Waals surface area contributed by atoms with Crippen LogP contribution >= 0.6 is 0 Å². The number of benzene rings is 2. The lowest BCUT2D eigenvalue weighted by atomic mass is 9.85. The second kappa shape index (κ2) is 5.16. The highest BCUT2D eigenvalue weighted by Crippen LogP contribution is 2.30. The van der Waals surface area contributed by atoms with E-state index in [0.29, 0.717) is 28.9 Å². The van der Waals surface area contributed by atoms with E-state index in [4.69, 9.17) is 4.99 Å². The van der Waals surface area contributed by atoms with Crippen molar-refractivity contribution in [2.45, 2.75) is 25.8 Å². The third kappa shape index (κ3) is 2.46. The van der Waals surface area contributed by atoms with Gasteiger partial charge in [0.25, 0.3) is 0 Å². The van der Waals surface area contributed by atoms with Crippen molar-refractivity contribution in [3.63, 3.8) is 0 Å². The maximum absolute atomic E-state index is 14.3. The molecular weight excluding hydrogens is 308 g/mol. The summed E-state index contributed by atoms with van der Waals surface area (Å²) in [5.74, 6) is -0.586. The summed E-state index contributed by atoms with van der Waals surface area (Å²) >= 11 is 0. The predicted octanol–water partition coefficient (Wildman–Crippen LogP) is 4.08. The molecule has 1 aliphatic heterocycles. The van der Waals surface area contributed by atoms with Gasteiger partial charge in [-0.2, -0.15) is 0 Å². The van der Waals surface area contributed by atoms with Crippen LogP contribution < -0.4 is 0 Å². The third-order valence-electron chi connectivity index (χ3n) is 4.19. The van der Waals surface area contributed by atoms with Gasteiger partial charge < -0.3 is 0 Å². The van der Waals surface area contributed by atoms with Gasteiger partial charge in [-0.05, 0) is 43.7 Å². The van der Waals surface area contributed by atoms with Gasteiger partial charge in [-0.25, -0.2) is 8.78 Å². The summed E-state index contributed by atoms with van der Waals surface area (Å²) < 4.78 is 27.6. The average molecular weight is 323 g/mol. The Morgan fingerprint density at radius 2 is 1.83 bits per heavy atom. The van der Waals surface area contributed by atoms with E-state index in [9.17, 15) is 8.78 Å². The van der Waals surface area contributed by atoms with Gasteiger partial charge in [0.15, 0.2) is 0 Å². The molecule has 24 heavy (non-hydrogen) atoms. The number of nitrogens with zero attached hydrogens (tertiary/aromatic N) is 3. The van der Waals surface area contributed by atoms with Crippen LogP contribution in [0.1, 0.15) is 30.7 Å². The molecule has 0 amide bonds. The zero-order valence-corrected chi connectivity index (χ0v) is 13.3. The molecule has 1 aromatic heterocycles. The zero-order valence-electron chi connectivity index (χ0n) is 13.3. The Balaban J connectivity index is 1.93. The molecule has 0 N–H and O–H groups in total. The lowest BCUT2D eigenvalue weighted by Gasteiger charge is -2.29. The van der Waals surface area contributed by atoms with Gasteiger partial charge in [0.1, 0.15) is 17.3 Å². The number of hydrogen-bond donors (Lipinski definition) is 0. The van der Waals surface area contributed by atoms with E-state index in [0.717, 1.165) is 10.9 Å². The highest BCUT2D eigenvalue weighted by atomic mass is 19.1. The smallest absolute Gasteiger partial charge is 0.127 e. The molecule has 0 saturated heterocycles. The maximum Gasteiger partial charge on any atom is 0.127 e. The van der Waals surface area contributed by atoms with Crippen LogP contribution in [0.2, 0.25) is 0 Å². The van der Waals surface area contributed by atoms with E-state index < -0.39 is 5.54 Å². The quantitative estimate of drug-likeness (QED) is 0.677. The lowest BCUT2D eigenvalue weighted by molar-refractivity contribution is 0.492. The Morgan fingerprint density at radius 1 is 1.00 bits per heavy atom. The number of rotatable bonds is 1. The van der Waals surface area contributed by atoms with Crippen LogP contribution in [0.15, 0.2) is 47.5 Å². The first-order chi connectivity index (χ1) is 11.4. The molecule has 0 unspecified atom stereocenters. The highest BCUT2D eigenvalue weighted by molar-refractivity contribution is 6.14. The molecule has 0 aliphatic carbocycles. The molecule has 0 saturated carbocycles. The van der Waals surface area contributed by atoms with Gasteiger partial charge in [-0.1, -0.05) is 12.1 Å². The van der Waals surface area contributed by atoms with Crippen molar-refractivity contribution in [3.8, 4) is 0 Å². The minimum absolute atomic E-state index is 0.233. The molecule has 2 aromatic carbocycles. The van der Waals surface area contributed by atoms with Gasteiger partial charge in [0.2, 0.25) is 0 Å². The number of fused-ring (bicyclic) bond motifs is 2. The monoisotopic (exact) mass is 323 g/mol. The number of aliphatic imine (C=N–C) groups is 1. The highest BCUT2D eigenvalue weighted by Gasteiger charge is 2.30. The molecule has 3 aromatic rings. The molecule has 0 fully saturated rings. The molecule has 0 atom stereocenters. The Labute approximate surface area is 138 Å². The van der Waals surface area contributed by atoms with Crippen LogP contribution in [0.3, 0.4) is 0 Å². The fourth-order valence-electron chi connectivity index (χ4n) is 3.12. The summed E-state index contributed by atoms with van der Waals surface area (Å²) in [5.41, 5.74) is 2.63. The van der Waals surface area contributed by atoms with Crippen molar-refractivity contribution >= 4 is 16.6 Å². The largest absolute Gasteiger partial charge is 0.276 e. The number of hydrogen-bond acceptors (Lipinski definition) is 3. The Morgan fingerprint density at radius 3 is 2.67 bits per heavy atom. The van der Waals surface area contributed by atoms with Crippen molar-refractivity contribution < 1.29 is 8.78 Å². The summed E-state index contributed by atoms with van der Waals surface area (Å²) in [6, 6.07) is 11.2. The average Bonchev–Trinajstić information content (AvgIpc) is 2.54. The molecule has 2 heterocycles. The maximum atomic E-state index is 14.3. The third-order valence-corrected chi connectivity index (χ3v) is 4.19. The van der Waals surface area contributed by atoms with Crippen molar-refractivity contribution in [2.75, 3.05) is 0 Å².